The maximum Gasteiger partial charge on any atom is 0.132 e. The zero-order valence-electron chi connectivity index (χ0n) is 14.3. The minimum Gasteiger partial charge on any atom is -0.300 e. The van der Waals surface area contributed by atoms with Crippen LogP contribution in [0.25, 0.3) is 0 Å². The van der Waals surface area contributed by atoms with E-state index in [0.29, 0.717) is 11.6 Å². The molecule has 0 N–H and O–H groups in total. The summed E-state index contributed by atoms with van der Waals surface area (Å²) in [5, 5.41) is 0. The molecule has 0 aliphatic heterocycles. The highest BCUT2D eigenvalue weighted by molar-refractivity contribution is 5.78. The highest BCUT2D eigenvalue weighted by Crippen LogP contribution is 2.11. The molecular weight excluding hydrogens is 260 g/mol. The first-order valence-electron chi connectivity index (χ1n) is 9.05. The molecule has 0 unspecified atom stereocenters. The van der Waals surface area contributed by atoms with Gasteiger partial charge in [-0.15, -0.1) is 0 Å². The number of unbranched alkanes of at least 4 members (excludes halogenated alkanes) is 8. The van der Waals surface area contributed by atoms with Crippen molar-refractivity contribution in [3.05, 3.63) is 6.42 Å². The van der Waals surface area contributed by atoms with Gasteiger partial charge in [0.25, 0.3) is 0 Å². The van der Waals surface area contributed by atoms with Crippen molar-refractivity contribution in [3.63, 3.8) is 0 Å². The summed E-state index contributed by atoms with van der Waals surface area (Å²) in [7, 11) is 0. The van der Waals surface area contributed by atoms with Crippen LogP contribution < -0.4 is 0 Å². The summed E-state index contributed by atoms with van der Waals surface area (Å²) in [4.78, 5) is 23.0. The third-order valence-electron chi connectivity index (χ3n) is 3.85. The van der Waals surface area contributed by atoms with Crippen molar-refractivity contribution in [1.29, 1.82) is 0 Å². The van der Waals surface area contributed by atoms with E-state index in [1.54, 1.807) is 0 Å². The van der Waals surface area contributed by atoms with Crippen LogP contribution in [0.1, 0.15) is 104 Å². The minimum atomic E-state index is 0.425. The van der Waals surface area contributed by atoms with Crippen LogP contribution in [-0.2, 0) is 9.59 Å². The van der Waals surface area contributed by atoms with Crippen LogP contribution in [0.15, 0.2) is 0 Å². The van der Waals surface area contributed by atoms with Gasteiger partial charge >= 0.3 is 0 Å². The van der Waals surface area contributed by atoms with Crippen LogP contribution in [-0.4, -0.2) is 11.6 Å². The molecule has 21 heavy (non-hydrogen) atoms. The fraction of sp³-hybridized carbons (Fsp3) is 0.842. The van der Waals surface area contributed by atoms with Crippen molar-refractivity contribution in [2.75, 3.05) is 0 Å². The van der Waals surface area contributed by atoms with E-state index in [2.05, 4.69) is 20.3 Å². The van der Waals surface area contributed by atoms with E-state index in [-0.39, 0.29) is 0 Å². The summed E-state index contributed by atoms with van der Waals surface area (Å²) >= 11 is 0. The van der Waals surface area contributed by atoms with Gasteiger partial charge in [-0.2, -0.15) is 0 Å². The summed E-state index contributed by atoms with van der Waals surface area (Å²) in [5.74, 6) is 0.855. The van der Waals surface area contributed by atoms with Gasteiger partial charge in [0.1, 0.15) is 11.6 Å². The lowest BCUT2D eigenvalue weighted by Gasteiger charge is -2.02. The van der Waals surface area contributed by atoms with E-state index in [4.69, 9.17) is 0 Å². The average Bonchev–Trinajstić information content (AvgIpc) is 2.48. The normalized spacial score (nSPS) is 10.8. The molecule has 0 aliphatic carbocycles. The Labute approximate surface area is 132 Å². The van der Waals surface area contributed by atoms with E-state index in [1.165, 1.54) is 12.8 Å². The van der Waals surface area contributed by atoms with E-state index in [9.17, 15) is 9.59 Å². The molecule has 0 aliphatic rings. The Morgan fingerprint density at radius 1 is 0.619 bits per heavy atom. The molecule has 2 heteroatoms. The molecule has 1 radical (unpaired) electrons. The maximum atomic E-state index is 11.6. The molecule has 0 saturated carbocycles. The number of ketones is 2. The van der Waals surface area contributed by atoms with Gasteiger partial charge in [0.15, 0.2) is 0 Å². The lowest BCUT2D eigenvalue weighted by Crippen LogP contribution is -1.98. The Hall–Kier alpha value is -0.660. The zero-order chi connectivity index (χ0) is 15.8. The van der Waals surface area contributed by atoms with Gasteiger partial charge in [-0.3, -0.25) is 9.59 Å². The molecule has 0 aromatic carbocycles. The van der Waals surface area contributed by atoms with Crippen molar-refractivity contribution in [1.82, 2.24) is 0 Å². The van der Waals surface area contributed by atoms with E-state index in [1.807, 2.05) is 0 Å². The summed E-state index contributed by atoms with van der Waals surface area (Å²) in [6, 6.07) is 0. The molecule has 0 aromatic heterocycles. The average molecular weight is 295 g/mol. The fourth-order valence-corrected chi connectivity index (χ4v) is 2.39. The standard InChI is InChI=1S/C19H35O2/c1-3-5-11-15-19(21)17-13-10-8-7-9-12-16-18(20)14-6-4-2/h8H,3-7,9-17H2,1-2H3. The van der Waals surface area contributed by atoms with Crippen LogP contribution in [0.5, 0.6) is 0 Å². The topological polar surface area (TPSA) is 34.1 Å². The molecule has 0 aromatic rings. The molecule has 0 bridgehead atoms. The Kier molecular flexibility index (Phi) is 15.2. The molecule has 0 spiro atoms. The molecule has 0 atom stereocenters. The maximum absolute atomic E-state index is 11.6. The fourth-order valence-electron chi connectivity index (χ4n) is 2.39. The predicted octanol–water partition coefficient (Wildman–Crippen LogP) is 5.83. The smallest absolute Gasteiger partial charge is 0.132 e. The highest BCUT2D eigenvalue weighted by Gasteiger charge is 2.02. The Morgan fingerprint density at radius 3 is 1.71 bits per heavy atom. The van der Waals surface area contributed by atoms with Gasteiger partial charge in [0, 0.05) is 25.7 Å². The molecule has 0 amide bonds. The van der Waals surface area contributed by atoms with Gasteiger partial charge < -0.3 is 0 Å². The van der Waals surface area contributed by atoms with Gasteiger partial charge in [-0.25, -0.2) is 0 Å². The largest absolute Gasteiger partial charge is 0.300 e. The summed E-state index contributed by atoms with van der Waals surface area (Å²) < 4.78 is 0. The zero-order valence-corrected chi connectivity index (χ0v) is 14.3. The summed E-state index contributed by atoms with van der Waals surface area (Å²) in [6.07, 6.45) is 16.2. The van der Waals surface area contributed by atoms with Gasteiger partial charge in [0.05, 0.1) is 0 Å². The molecular formula is C19H35O2. The second-order valence-electron chi connectivity index (χ2n) is 6.06. The molecule has 0 saturated heterocycles. The van der Waals surface area contributed by atoms with Crippen LogP contribution in [0.4, 0.5) is 0 Å². The number of hydrogen-bond donors (Lipinski definition) is 0. The molecule has 2 nitrogen and oxygen atoms in total. The first kappa shape index (κ1) is 20.3. The summed E-state index contributed by atoms with van der Waals surface area (Å²) in [5.41, 5.74) is 0. The van der Waals surface area contributed by atoms with Crippen molar-refractivity contribution in [2.24, 2.45) is 0 Å². The second kappa shape index (κ2) is 15.7. The van der Waals surface area contributed by atoms with Crippen molar-refractivity contribution in [3.8, 4) is 0 Å². The van der Waals surface area contributed by atoms with Crippen LogP contribution in [0, 0.1) is 6.42 Å². The monoisotopic (exact) mass is 295 g/mol. The molecule has 0 heterocycles. The molecule has 0 rings (SSSR count). The van der Waals surface area contributed by atoms with Gasteiger partial charge in [-0.1, -0.05) is 46.0 Å². The Bertz CT molecular complexity index is 258. The lowest BCUT2D eigenvalue weighted by molar-refractivity contribution is -0.120. The Balaban J connectivity index is 3.21. The van der Waals surface area contributed by atoms with E-state index >= 15 is 0 Å². The number of carbonyl (C=O) groups excluding carboxylic acids is 2. The molecule has 123 valence electrons. The van der Waals surface area contributed by atoms with E-state index < -0.39 is 0 Å². The number of hydrogen-bond acceptors (Lipinski definition) is 2. The minimum absolute atomic E-state index is 0.425. The highest BCUT2D eigenvalue weighted by atomic mass is 16.1. The van der Waals surface area contributed by atoms with Gasteiger partial charge in [-0.05, 0) is 38.5 Å². The second-order valence-corrected chi connectivity index (χ2v) is 6.06. The first-order chi connectivity index (χ1) is 10.2. The number of Topliss-reactive ketones (excluding diaryl/α,β-unsaturated/α-hetero) is 2. The third kappa shape index (κ3) is 15.5. The first-order valence-corrected chi connectivity index (χ1v) is 9.05. The quantitative estimate of drug-likeness (QED) is 0.336. The van der Waals surface area contributed by atoms with Crippen molar-refractivity contribution in [2.45, 2.75) is 104 Å². The van der Waals surface area contributed by atoms with Crippen LogP contribution in [0.3, 0.4) is 0 Å². The lowest BCUT2D eigenvalue weighted by atomic mass is 10.0. The van der Waals surface area contributed by atoms with Crippen molar-refractivity contribution < 1.29 is 9.59 Å². The third-order valence-corrected chi connectivity index (χ3v) is 3.85. The predicted molar refractivity (Wildman–Crippen MR) is 90.3 cm³/mol. The van der Waals surface area contributed by atoms with Gasteiger partial charge in [0.2, 0.25) is 0 Å². The Morgan fingerprint density at radius 2 is 1.10 bits per heavy atom. The number of carbonyl (C=O) groups is 2. The summed E-state index contributed by atoms with van der Waals surface area (Å²) in [6.45, 7) is 4.29. The SMILES string of the molecule is CCCCCC(=O)CCC[CH]CCCCC(=O)CCCC. The van der Waals surface area contributed by atoms with E-state index in [0.717, 1.165) is 77.0 Å². The van der Waals surface area contributed by atoms with Crippen molar-refractivity contribution >= 4 is 11.6 Å². The van der Waals surface area contributed by atoms with Crippen LogP contribution in [0.2, 0.25) is 0 Å². The number of rotatable bonds is 16. The molecule has 0 fully saturated rings. The van der Waals surface area contributed by atoms with Crippen LogP contribution >= 0.6 is 0 Å².